The van der Waals surface area contributed by atoms with E-state index < -0.39 is 28.5 Å². The van der Waals surface area contributed by atoms with E-state index in [-0.39, 0.29) is 23.4 Å². The first kappa shape index (κ1) is 31.6. The number of nitrogens with one attached hydrogen (secondary N) is 1. The van der Waals surface area contributed by atoms with Crippen LogP contribution in [0.25, 0.3) is 0 Å². The highest BCUT2D eigenvalue weighted by Gasteiger charge is 2.33. The lowest BCUT2D eigenvalue weighted by Gasteiger charge is -2.32. The second kappa shape index (κ2) is 14.2. The Hall–Kier alpha value is -3.37. The SMILES string of the molecule is COc1ccc(S(=O)(=O)N(CC(=O)N(CCc2ccccc2)[C@@H](C)C(=O)NC2CCCC2)c2ccc(C)cc2)cc1Br. The molecule has 10 heteroatoms. The van der Waals surface area contributed by atoms with Crippen LogP contribution in [0.1, 0.15) is 43.7 Å². The van der Waals surface area contributed by atoms with Crippen LogP contribution in [0.15, 0.2) is 82.2 Å². The fourth-order valence-electron chi connectivity index (χ4n) is 5.14. The number of hydrogen-bond acceptors (Lipinski definition) is 5. The van der Waals surface area contributed by atoms with Crippen molar-refractivity contribution in [1.29, 1.82) is 0 Å². The lowest BCUT2D eigenvalue weighted by Crippen LogP contribution is -2.53. The van der Waals surface area contributed by atoms with Gasteiger partial charge in [-0.25, -0.2) is 8.42 Å². The van der Waals surface area contributed by atoms with E-state index in [2.05, 4.69) is 21.2 Å². The van der Waals surface area contributed by atoms with Crippen LogP contribution < -0.4 is 14.4 Å². The van der Waals surface area contributed by atoms with Gasteiger partial charge in [-0.3, -0.25) is 13.9 Å². The summed E-state index contributed by atoms with van der Waals surface area (Å²) in [7, 11) is -2.68. The third kappa shape index (κ3) is 7.72. The molecule has 1 saturated carbocycles. The quantitative estimate of drug-likeness (QED) is 0.279. The molecule has 0 bridgehead atoms. The minimum absolute atomic E-state index is 0.00594. The van der Waals surface area contributed by atoms with Crippen LogP contribution in [0.3, 0.4) is 0 Å². The molecule has 224 valence electrons. The van der Waals surface area contributed by atoms with Crippen molar-refractivity contribution in [3.05, 3.63) is 88.4 Å². The molecule has 1 N–H and O–H groups in total. The number of aryl methyl sites for hydroxylation is 1. The zero-order valence-electron chi connectivity index (χ0n) is 24.3. The molecule has 42 heavy (non-hydrogen) atoms. The van der Waals surface area contributed by atoms with Crippen LogP contribution in [0, 0.1) is 6.92 Å². The van der Waals surface area contributed by atoms with E-state index in [4.69, 9.17) is 4.74 Å². The minimum Gasteiger partial charge on any atom is -0.496 e. The lowest BCUT2D eigenvalue weighted by atomic mass is 10.1. The van der Waals surface area contributed by atoms with Crippen molar-refractivity contribution in [1.82, 2.24) is 10.2 Å². The number of benzene rings is 3. The number of hydrogen-bond donors (Lipinski definition) is 1. The van der Waals surface area contributed by atoms with Gasteiger partial charge < -0.3 is 15.0 Å². The Morgan fingerprint density at radius 2 is 1.69 bits per heavy atom. The lowest BCUT2D eigenvalue weighted by molar-refractivity contribution is -0.139. The predicted molar refractivity (Wildman–Crippen MR) is 168 cm³/mol. The van der Waals surface area contributed by atoms with Gasteiger partial charge in [0.05, 0.1) is 22.2 Å². The first-order chi connectivity index (χ1) is 20.1. The van der Waals surface area contributed by atoms with E-state index >= 15 is 0 Å². The summed E-state index contributed by atoms with van der Waals surface area (Å²) >= 11 is 3.37. The maximum absolute atomic E-state index is 14.1. The molecule has 0 radical (unpaired) electrons. The second-order valence-corrected chi connectivity index (χ2v) is 13.3. The third-order valence-electron chi connectivity index (χ3n) is 7.67. The van der Waals surface area contributed by atoms with Crippen molar-refractivity contribution in [3.63, 3.8) is 0 Å². The maximum Gasteiger partial charge on any atom is 0.264 e. The Balaban J connectivity index is 1.66. The normalized spacial score (nSPS) is 14.3. The molecule has 3 aromatic carbocycles. The Bertz CT molecular complexity index is 1480. The molecule has 4 rings (SSSR count). The third-order valence-corrected chi connectivity index (χ3v) is 10.1. The number of carbonyl (C=O) groups excluding carboxylic acids is 2. The standard InChI is InChI=1S/C32H38BrN3O5S/c1-23-13-15-27(16-14-23)36(42(39,40)28-17-18-30(41-3)29(33)21-28)22-31(37)35(20-19-25-9-5-4-6-10-25)24(2)32(38)34-26-11-7-8-12-26/h4-6,9-10,13-18,21,24,26H,7-8,11-12,19-20,22H2,1-3H3,(H,34,38)/t24-/m0/s1. The molecule has 1 aliphatic rings. The fourth-order valence-corrected chi connectivity index (χ4v) is 7.27. The van der Waals surface area contributed by atoms with Gasteiger partial charge in [-0.15, -0.1) is 0 Å². The Morgan fingerprint density at radius 1 is 1.02 bits per heavy atom. The highest BCUT2D eigenvalue weighted by Crippen LogP contribution is 2.31. The molecular weight excluding hydrogens is 618 g/mol. The van der Waals surface area contributed by atoms with Crippen LogP contribution in [-0.2, 0) is 26.0 Å². The van der Waals surface area contributed by atoms with Crippen molar-refractivity contribution in [2.24, 2.45) is 0 Å². The number of rotatable bonds is 12. The molecule has 1 fully saturated rings. The molecule has 8 nitrogen and oxygen atoms in total. The molecule has 0 aromatic heterocycles. The van der Waals surface area contributed by atoms with Gasteiger partial charge in [0.15, 0.2) is 0 Å². The van der Waals surface area contributed by atoms with Gasteiger partial charge in [0.2, 0.25) is 11.8 Å². The predicted octanol–water partition coefficient (Wildman–Crippen LogP) is 5.48. The summed E-state index contributed by atoms with van der Waals surface area (Å²) in [6.45, 7) is 3.41. The number of ether oxygens (including phenoxy) is 1. The van der Waals surface area contributed by atoms with Crippen molar-refractivity contribution in [2.45, 2.75) is 62.9 Å². The van der Waals surface area contributed by atoms with Crippen molar-refractivity contribution in [3.8, 4) is 5.75 Å². The van der Waals surface area contributed by atoms with Crippen LogP contribution in [0.5, 0.6) is 5.75 Å². The first-order valence-electron chi connectivity index (χ1n) is 14.2. The van der Waals surface area contributed by atoms with Crippen molar-refractivity contribution < 1.29 is 22.7 Å². The van der Waals surface area contributed by atoms with E-state index in [1.165, 1.54) is 24.1 Å². The van der Waals surface area contributed by atoms with E-state index in [0.29, 0.717) is 22.3 Å². The molecule has 1 aliphatic carbocycles. The molecule has 3 aromatic rings. The largest absolute Gasteiger partial charge is 0.496 e. The van der Waals surface area contributed by atoms with Crippen LogP contribution >= 0.6 is 15.9 Å². The zero-order chi connectivity index (χ0) is 30.3. The zero-order valence-corrected chi connectivity index (χ0v) is 26.7. The summed E-state index contributed by atoms with van der Waals surface area (Å²) in [6.07, 6.45) is 4.51. The van der Waals surface area contributed by atoms with Crippen LogP contribution in [0.2, 0.25) is 0 Å². The number of methoxy groups -OCH3 is 1. The summed E-state index contributed by atoms with van der Waals surface area (Å²) in [5.74, 6) is -0.204. The van der Waals surface area contributed by atoms with Gasteiger partial charge in [-0.1, -0.05) is 60.9 Å². The maximum atomic E-state index is 14.1. The molecule has 2 amide bonds. The molecule has 0 aliphatic heterocycles. The summed E-state index contributed by atoms with van der Waals surface area (Å²) in [5.41, 5.74) is 2.33. The summed E-state index contributed by atoms with van der Waals surface area (Å²) in [6, 6.07) is 20.5. The summed E-state index contributed by atoms with van der Waals surface area (Å²) < 4.78 is 35.0. The summed E-state index contributed by atoms with van der Waals surface area (Å²) in [4.78, 5) is 28.9. The highest BCUT2D eigenvalue weighted by molar-refractivity contribution is 9.10. The Morgan fingerprint density at radius 3 is 2.31 bits per heavy atom. The molecular formula is C32H38BrN3O5S. The minimum atomic E-state index is -4.18. The van der Waals surface area contributed by atoms with Gasteiger partial charge in [-0.2, -0.15) is 0 Å². The number of halogens is 1. The highest BCUT2D eigenvalue weighted by atomic mass is 79.9. The van der Waals surface area contributed by atoms with Gasteiger partial charge in [0.25, 0.3) is 10.0 Å². The van der Waals surface area contributed by atoms with Crippen molar-refractivity contribution >= 4 is 43.5 Å². The number of anilines is 1. The molecule has 1 atom stereocenters. The smallest absolute Gasteiger partial charge is 0.264 e. The average Bonchev–Trinajstić information content (AvgIpc) is 3.50. The monoisotopic (exact) mass is 655 g/mol. The number of carbonyl (C=O) groups is 2. The summed E-state index contributed by atoms with van der Waals surface area (Å²) in [5, 5.41) is 3.09. The molecule has 0 heterocycles. The van der Waals surface area contributed by atoms with Gasteiger partial charge in [0, 0.05) is 12.6 Å². The fraction of sp³-hybridized carbons (Fsp3) is 0.375. The van der Waals surface area contributed by atoms with E-state index in [1.54, 1.807) is 37.3 Å². The van der Waals surface area contributed by atoms with Crippen LogP contribution in [0.4, 0.5) is 5.69 Å². The Kier molecular flexibility index (Phi) is 10.7. The topological polar surface area (TPSA) is 96.0 Å². The first-order valence-corrected chi connectivity index (χ1v) is 16.4. The molecule has 0 spiro atoms. The van der Waals surface area contributed by atoms with E-state index in [9.17, 15) is 18.0 Å². The number of sulfonamides is 1. The number of nitrogens with zero attached hydrogens (tertiary/aromatic N) is 2. The van der Waals surface area contributed by atoms with Gasteiger partial charge in [0.1, 0.15) is 18.3 Å². The number of amides is 2. The van der Waals surface area contributed by atoms with Gasteiger partial charge >= 0.3 is 0 Å². The molecule has 0 saturated heterocycles. The van der Waals surface area contributed by atoms with Gasteiger partial charge in [-0.05, 0) is 84.9 Å². The van der Waals surface area contributed by atoms with E-state index in [0.717, 1.165) is 41.1 Å². The van der Waals surface area contributed by atoms with E-state index in [1.807, 2.05) is 37.3 Å². The Labute approximate surface area is 257 Å². The second-order valence-electron chi connectivity index (χ2n) is 10.6. The molecule has 0 unspecified atom stereocenters. The van der Waals surface area contributed by atoms with Crippen molar-refractivity contribution in [2.75, 3.05) is 24.5 Å². The average molecular weight is 657 g/mol. The van der Waals surface area contributed by atoms with Crippen LogP contribution in [-0.4, -0.2) is 57.4 Å².